The topological polar surface area (TPSA) is 38.8 Å². The molecule has 122 valence electrons. The van der Waals surface area contributed by atoms with E-state index >= 15 is 0 Å². The van der Waals surface area contributed by atoms with E-state index in [4.69, 9.17) is 9.47 Å². The van der Waals surface area contributed by atoms with Crippen molar-refractivity contribution in [2.45, 2.75) is 39.5 Å². The average molecular weight is 305 g/mol. The number of aryl methyl sites for hydroxylation is 1. The molecular weight excluding hydrogens is 278 g/mol. The van der Waals surface area contributed by atoms with Gasteiger partial charge < -0.3 is 14.4 Å². The van der Waals surface area contributed by atoms with Gasteiger partial charge in [0.25, 0.3) is 0 Å². The number of carbonyl (C=O) groups is 1. The summed E-state index contributed by atoms with van der Waals surface area (Å²) in [5, 5.41) is 0. The summed E-state index contributed by atoms with van der Waals surface area (Å²) in [4.78, 5) is 14.3. The van der Waals surface area contributed by atoms with Gasteiger partial charge in [0.2, 0.25) is 5.91 Å². The Morgan fingerprint density at radius 1 is 1.14 bits per heavy atom. The minimum atomic E-state index is 0.255. The lowest BCUT2D eigenvalue weighted by molar-refractivity contribution is -0.133. The van der Waals surface area contributed by atoms with Gasteiger partial charge in [-0.05, 0) is 42.4 Å². The molecule has 1 aliphatic heterocycles. The van der Waals surface area contributed by atoms with Gasteiger partial charge in [-0.3, -0.25) is 4.79 Å². The minimum Gasteiger partial charge on any atom is -0.493 e. The van der Waals surface area contributed by atoms with Crippen molar-refractivity contribution in [1.29, 1.82) is 0 Å². The molecule has 1 saturated heterocycles. The molecule has 0 aromatic heterocycles. The highest BCUT2D eigenvalue weighted by atomic mass is 16.5. The summed E-state index contributed by atoms with van der Waals surface area (Å²) >= 11 is 0. The normalized spacial score (nSPS) is 17.2. The van der Waals surface area contributed by atoms with E-state index in [9.17, 15) is 4.79 Å². The molecule has 1 aliphatic rings. The first-order chi connectivity index (χ1) is 10.4. The predicted octanol–water partition coefficient (Wildman–Crippen LogP) is 3.29. The van der Waals surface area contributed by atoms with Crippen molar-refractivity contribution in [3.63, 3.8) is 0 Å². The molecule has 1 aromatic rings. The van der Waals surface area contributed by atoms with Crippen LogP contribution in [0.2, 0.25) is 0 Å². The van der Waals surface area contributed by atoms with E-state index < -0.39 is 0 Å². The molecule has 0 bridgehead atoms. The average Bonchev–Trinajstić information content (AvgIpc) is 2.52. The van der Waals surface area contributed by atoms with Crippen molar-refractivity contribution >= 4 is 5.91 Å². The lowest BCUT2D eigenvalue weighted by Gasteiger charge is -2.37. The van der Waals surface area contributed by atoms with Gasteiger partial charge in [-0.15, -0.1) is 0 Å². The summed E-state index contributed by atoms with van der Waals surface area (Å²) in [6.07, 6.45) is 3.47. The molecule has 1 fully saturated rings. The molecule has 0 aliphatic carbocycles. The summed E-state index contributed by atoms with van der Waals surface area (Å²) in [6.45, 7) is 6.33. The molecule has 1 amide bonds. The Balaban J connectivity index is 1.89. The van der Waals surface area contributed by atoms with Crippen LogP contribution in [-0.2, 0) is 11.2 Å². The van der Waals surface area contributed by atoms with Crippen LogP contribution in [0.3, 0.4) is 0 Å². The van der Waals surface area contributed by atoms with Crippen LogP contribution in [0.15, 0.2) is 18.2 Å². The van der Waals surface area contributed by atoms with Crippen LogP contribution >= 0.6 is 0 Å². The lowest BCUT2D eigenvalue weighted by Crippen LogP contribution is -2.41. The molecule has 22 heavy (non-hydrogen) atoms. The van der Waals surface area contributed by atoms with Crippen molar-refractivity contribution < 1.29 is 14.3 Å². The highest BCUT2D eigenvalue weighted by Gasteiger charge is 2.27. The fourth-order valence-electron chi connectivity index (χ4n) is 2.81. The van der Waals surface area contributed by atoms with E-state index in [2.05, 4.69) is 13.8 Å². The van der Waals surface area contributed by atoms with Crippen LogP contribution in [-0.4, -0.2) is 38.1 Å². The highest BCUT2D eigenvalue weighted by molar-refractivity contribution is 5.76. The van der Waals surface area contributed by atoms with E-state index in [1.807, 2.05) is 23.1 Å². The Bertz CT molecular complexity index is 515. The lowest BCUT2D eigenvalue weighted by atomic mass is 9.82. The fraction of sp³-hybridized carbons (Fsp3) is 0.611. The van der Waals surface area contributed by atoms with Gasteiger partial charge in [0.05, 0.1) is 14.2 Å². The molecule has 0 radical (unpaired) electrons. The summed E-state index contributed by atoms with van der Waals surface area (Å²) in [7, 11) is 3.25. The number of rotatable bonds is 5. The zero-order valence-corrected chi connectivity index (χ0v) is 14.1. The third-order valence-electron chi connectivity index (χ3n) is 4.55. The quantitative estimate of drug-likeness (QED) is 0.838. The maximum atomic E-state index is 12.3. The number of carbonyl (C=O) groups excluding carboxylic acids is 1. The van der Waals surface area contributed by atoms with Gasteiger partial charge in [-0.1, -0.05) is 19.9 Å². The van der Waals surface area contributed by atoms with Crippen LogP contribution in [0.4, 0.5) is 0 Å². The van der Waals surface area contributed by atoms with Crippen molar-refractivity contribution in [3.05, 3.63) is 23.8 Å². The first kappa shape index (κ1) is 16.7. The predicted molar refractivity (Wildman–Crippen MR) is 87.5 cm³/mol. The van der Waals surface area contributed by atoms with Crippen molar-refractivity contribution in [2.24, 2.45) is 5.41 Å². The first-order valence-corrected chi connectivity index (χ1v) is 7.94. The fourth-order valence-corrected chi connectivity index (χ4v) is 2.81. The Morgan fingerprint density at radius 3 is 2.36 bits per heavy atom. The Morgan fingerprint density at radius 2 is 1.77 bits per heavy atom. The molecule has 2 rings (SSSR count). The molecule has 0 saturated carbocycles. The van der Waals surface area contributed by atoms with Crippen LogP contribution in [0.1, 0.15) is 38.7 Å². The van der Waals surface area contributed by atoms with Gasteiger partial charge >= 0.3 is 0 Å². The first-order valence-electron chi connectivity index (χ1n) is 7.94. The number of ether oxygens (including phenoxy) is 2. The number of amides is 1. The standard InChI is InChI=1S/C18H27NO3/c1-18(2)9-11-19(12-10-18)17(20)8-6-14-5-7-15(21-3)16(13-14)22-4/h5,7,13H,6,8-12H2,1-4H3. The van der Waals surface area contributed by atoms with E-state index in [-0.39, 0.29) is 5.91 Å². The van der Waals surface area contributed by atoms with Crippen LogP contribution in [0.5, 0.6) is 11.5 Å². The molecular formula is C18H27NO3. The monoisotopic (exact) mass is 305 g/mol. The highest BCUT2D eigenvalue weighted by Crippen LogP contribution is 2.30. The van der Waals surface area contributed by atoms with Crippen LogP contribution < -0.4 is 9.47 Å². The maximum Gasteiger partial charge on any atom is 0.222 e. The molecule has 0 atom stereocenters. The Labute approximate surface area is 133 Å². The number of likely N-dealkylation sites (tertiary alicyclic amines) is 1. The molecule has 0 unspecified atom stereocenters. The molecule has 1 heterocycles. The van der Waals surface area contributed by atoms with Crippen LogP contribution in [0.25, 0.3) is 0 Å². The van der Waals surface area contributed by atoms with Crippen molar-refractivity contribution in [2.75, 3.05) is 27.3 Å². The minimum absolute atomic E-state index is 0.255. The number of benzene rings is 1. The number of hydrogen-bond acceptors (Lipinski definition) is 3. The second-order valence-electron chi connectivity index (χ2n) is 6.73. The van der Waals surface area contributed by atoms with Gasteiger partial charge in [-0.25, -0.2) is 0 Å². The summed E-state index contributed by atoms with van der Waals surface area (Å²) in [5.41, 5.74) is 1.48. The van der Waals surface area contributed by atoms with Crippen LogP contribution in [0, 0.1) is 5.41 Å². The Hall–Kier alpha value is -1.71. The van der Waals surface area contributed by atoms with Gasteiger partial charge in [0, 0.05) is 19.5 Å². The number of nitrogens with zero attached hydrogens (tertiary/aromatic N) is 1. The molecule has 1 aromatic carbocycles. The molecule has 0 N–H and O–H groups in total. The third kappa shape index (κ3) is 4.15. The SMILES string of the molecule is COc1ccc(CCC(=O)N2CCC(C)(C)CC2)cc1OC. The summed E-state index contributed by atoms with van der Waals surface area (Å²) < 4.78 is 10.5. The maximum absolute atomic E-state index is 12.3. The van der Waals surface area contributed by atoms with Gasteiger partial charge in [-0.2, -0.15) is 0 Å². The third-order valence-corrected chi connectivity index (χ3v) is 4.55. The molecule has 0 spiro atoms. The van der Waals surface area contributed by atoms with Crippen molar-refractivity contribution in [1.82, 2.24) is 4.90 Å². The van der Waals surface area contributed by atoms with E-state index in [0.717, 1.165) is 43.7 Å². The number of methoxy groups -OCH3 is 2. The smallest absolute Gasteiger partial charge is 0.222 e. The van der Waals surface area contributed by atoms with Gasteiger partial charge in [0.15, 0.2) is 11.5 Å². The summed E-state index contributed by atoms with van der Waals surface area (Å²) in [5.74, 6) is 1.69. The molecule has 4 heteroatoms. The number of piperidine rings is 1. The largest absolute Gasteiger partial charge is 0.493 e. The van der Waals surface area contributed by atoms with E-state index in [0.29, 0.717) is 17.6 Å². The van der Waals surface area contributed by atoms with E-state index in [1.165, 1.54) is 0 Å². The second kappa shape index (κ2) is 7.03. The van der Waals surface area contributed by atoms with E-state index in [1.54, 1.807) is 14.2 Å². The van der Waals surface area contributed by atoms with Crippen molar-refractivity contribution in [3.8, 4) is 11.5 Å². The zero-order valence-electron chi connectivity index (χ0n) is 14.1. The summed E-state index contributed by atoms with van der Waals surface area (Å²) in [6, 6.07) is 5.83. The zero-order chi connectivity index (χ0) is 16.2. The van der Waals surface area contributed by atoms with Gasteiger partial charge in [0.1, 0.15) is 0 Å². The molecule has 4 nitrogen and oxygen atoms in total. The number of hydrogen-bond donors (Lipinski definition) is 0. The second-order valence-corrected chi connectivity index (χ2v) is 6.73. The Kier molecular flexibility index (Phi) is 5.33.